The number of benzene rings is 2. The van der Waals surface area contributed by atoms with Crippen LogP contribution in [0.15, 0.2) is 54.6 Å². The van der Waals surface area contributed by atoms with Crippen LogP contribution in [0.3, 0.4) is 0 Å². The first-order valence-electron chi connectivity index (χ1n) is 7.25. The van der Waals surface area contributed by atoms with Crippen molar-refractivity contribution in [3.63, 3.8) is 0 Å². The summed E-state index contributed by atoms with van der Waals surface area (Å²) in [6.07, 6.45) is 3.50. The molecule has 0 bridgehead atoms. The van der Waals surface area contributed by atoms with Crippen LogP contribution in [0.5, 0.6) is 0 Å². The van der Waals surface area contributed by atoms with Crippen molar-refractivity contribution in [2.75, 3.05) is 38.0 Å². The molecule has 0 saturated carbocycles. The van der Waals surface area contributed by atoms with Gasteiger partial charge in [0.25, 0.3) is 0 Å². The van der Waals surface area contributed by atoms with Crippen molar-refractivity contribution in [1.29, 1.82) is 0 Å². The molecule has 0 fully saturated rings. The van der Waals surface area contributed by atoms with Gasteiger partial charge >= 0.3 is 0 Å². The van der Waals surface area contributed by atoms with Crippen LogP contribution in [0.25, 0.3) is 6.08 Å². The lowest BCUT2D eigenvalue weighted by Crippen LogP contribution is -2.10. The summed E-state index contributed by atoms with van der Waals surface area (Å²) < 4.78 is 0. The minimum absolute atomic E-state index is 0.0128. The van der Waals surface area contributed by atoms with Gasteiger partial charge in [0.15, 0.2) is 5.78 Å². The number of rotatable bonds is 5. The molecule has 0 amide bonds. The number of allylic oxidation sites excluding steroid dienone is 1. The third-order valence-electron chi connectivity index (χ3n) is 3.50. The molecule has 2 aromatic rings. The smallest absolute Gasteiger partial charge is 0.185 e. The first-order chi connectivity index (χ1) is 10.5. The van der Waals surface area contributed by atoms with E-state index in [9.17, 15) is 4.79 Å². The Bertz CT molecular complexity index is 670. The maximum atomic E-state index is 12.3. The molecular formula is C19H22N2O. The zero-order chi connectivity index (χ0) is 16.1. The predicted octanol–water partition coefficient (Wildman–Crippen LogP) is 3.71. The molecular weight excluding hydrogens is 272 g/mol. The van der Waals surface area contributed by atoms with Gasteiger partial charge in [-0.2, -0.15) is 0 Å². The second-order valence-corrected chi connectivity index (χ2v) is 5.59. The fourth-order valence-corrected chi connectivity index (χ4v) is 2.22. The number of anilines is 2. The molecule has 0 saturated heterocycles. The maximum absolute atomic E-state index is 12.3. The lowest BCUT2D eigenvalue weighted by molar-refractivity contribution is 0.104. The van der Waals surface area contributed by atoms with Crippen LogP contribution in [0.1, 0.15) is 15.9 Å². The minimum atomic E-state index is 0.0128. The number of hydrogen-bond donors (Lipinski definition) is 0. The van der Waals surface area contributed by atoms with Gasteiger partial charge in [-0.3, -0.25) is 4.79 Å². The molecule has 3 heteroatoms. The molecule has 2 aromatic carbocycles. The molecule has 0 aliphatic carbocycles. The molecule has 0 N–H and O–H groups in total. The van der Waals surface area contributed by atoms with Crippen LogP contribution in [0.2, 0.25) is 0 Å². The SMILES string of the molecule is CN(C)c1ccc(C(=O)/C=C/c2ccccc2N(C)C)cc1. The van der Waals surface area contributed by atoms with Gasteiger partial charge in [-0.15, -0.1) is 0 Å². The molecule has 114 valence electrons. The summed E-state index contributed by atoms with van der Waals surface area (Å²) in [5.41, 5.74) is 3.91. The van der Waals surface area contributed by atoms with E-state index in [1.807, 2.05) is 92.6 Å². The third kappa shape index (κ3) is 3.76. The van der Waals surface area contributed by atoms with Gasteiger partial charge < -0.3 is 9.80 Å². The third-order valence-corrected chi connectivity index (χ3v) is 3.50. The van der Waals surface area contributed by atoms with E-state index in [4.69, 9.17) is 0 Å². The molecule has 0 aromatic heterocycles. The average molecular weight is 294 g/mol. The fourth-order valence-electron chi connectivity index (χ4n) is 2.22. The Kier molecular flexibility index (Phi) is 4.99. The Morgan fingerprint density at radius 1 is 0.864 bits per heavy atom. The standard InChI is InChI=1S/C19H22N2O/c1-20(2)17-12-9-16(10-13-17)19(22)14-11-15-7-5-6-8-18(15)21(3)4/h5-14H,1-4H3/b14-11+. The van der Waals surface area contributed by atoms with Gasteiger partial charge in [0.2, 0.25) is 0 Å². The Hall–Kier alpha value is -2.55. The highest BCUT2D eigenvalue weighted by atomic mass is 16.1. The summed E-state index contributed by atoms with van der Waals surface area (Å²) in [5.74, 6) is 0.0128. The van der Waals surface area contributed by atoms with E-state index < -0.39 is 0 Å². The van der Waals surface area contributed by atoms with Crippen LogP contribution in [0, 0.1) is 0 Å². The summed E-state index contributed by atoms with van der Waals surface area (Å²) in [5, 5.41) is 0. The molecule has 2 rings (SSSR count). The van der Waals surface area contributed by atoms with E-state index in [0.29, 0.717) is 5.56 Å². The highest BCUT2D eigenvalue weighted by molar-refractivity contribution is 6.07. The molecule has 0 atom stereocenters. The highest BCUT2D eigenvalue weighted by Crippen LogP contribution is 2.20. The maximum Gasteiger partial charge on any atom is 0.185 e. The summed E-state index contributed by atoms with van der Waals surface area (Å²) in [4.78, 5) is 16.3. The average Bonchev–Trinajstić information content (AvgIpc) is 2.52. The molecule has 0 heterocycles. The lowest BCUT2D eigenvalue weighted by atomic mass is 10.1. The van der Waals surface area contributed by atoms with Gasteiger partial charge in [-0.1, -0.05) is 18.2 Å². The van der Waals surface area contributed by atoms with Crippen molar-refractivity contribution in [2.45, 2.75) is 0 Å². The van der Waals surface area contributed by atoms with E-state index in [0.717, 1.165) is 16.9 Å². The lowest BCUT2D eigenvalue weighted by Gasteiger charge is -2.15. The Morgan fingerprint density at radius 3 is 2.09 bits per heavy atom. The zero-order valence-corrected chi connectivity index (χ0v) is 13.6. The predicted molar refractivity (Wildman–Crippen MR) is 94.9 cm³/mol. The van der Waals surface area contributed by atoms with Crippen LogP contribution < -0.4 is 9.80 Å². The largest absolute Gasteiger partial charge is 0.378 e. The topological polar surface area (TPSA) is 23.6 Å². The van der Waals surface area contributed by atoms with Gasteiger partial charge in [-0.25, -0.2) is 0 Å². The molecule has 0 aliphatic rings. The Labute approximate surface area is 132 Å². The van der Waals surface area contributed by atoms with Crippen molar-refractivity contribution in [3.8, 4) is 0 Å². The van der Waals surface area contributed by atoms with E-state index in [1.165, 1.54) is 0 Å². The quantitative estimate of drug-likeness (QED) is 0.620. The number of carbonyl (C=O) groups is 1. The Morgan fingerprint density at radius 2 is 1.50 bits per heavy atom. The van der Waals surface area contributed by atoms with Gasteiger partial charge in [0.05, 0.1) is 0 Å². The van der Waals surface area contributed by atoms with Gasteiger partial charge in [-0.05, 0) is 48.0 Å². The first kappa shape index (κ1) is 15.8. The summed E-state index contributed by atoms with van der Waals surface area (Å²) >= 11 is 0. The van der Waals surface area contributed by atoms with Crippen molar-refractivity contribution in [3.05, 3.63) is 65.7 Å². The van der Waals surface area contributed by atoms with E-state index in [1.54, 1.807) is 6.08 Å². The number of hydrogen-bond acceptors (Lipinski definition) is 3. The molecule has 0 aliphatic heterocycles. The zero-order valence-electron chi connectivity index (χ0n) is 13.6. The Balaban J connectivity index is 2.18. The normalized spacial score (nSPS) is 10.7. The number of nitrogens with zero attached hydrogens (tertiary/aromatic N) is 2. The van der Waals surface area contributed by atoms with Crippen LogP contribution in [-0.2, 0) is 0 Å². The number of carbonyl (C=O) groups excluding carboxylic acids is 1. The van der Waals surface area contributed by atoms with Crippen molar-refractivity contribution < 1.29 is 4.79 Å². The van der Waals surface area contributed by atoms with Crippen molar-refractivity contribution in [2.24, 2.45) is 0 Å². The number of ketones is 1. The first-order valence-corrected chi connectivity index (χ1v) is 7.25. The van der Waals surface area contributed by atoms with Crippen LogP contribution in [-0.4, -0.2) is 34.0 Å². The molecule has 0 spiro atoms. The van der Waals surface area contributed by atoms with Crippen molar-refractivity contribution in [1.82, 2.24) is 0 Å². The molecule has 22 heavy (non-hydrogen) atoms. The number of para-hydroxylation sites is 1. The summed E-state index contributed by atoms with van der Waals surface area (Å²) in [6.45, 7) is 0. The molecule has 0 radical (unpaired) electrons. The second-order valence-electron chi connectivity index (χ2n) is 5.59. The molecule has 0 unspecified atom stereocenters. The van der Waals surface area contributed by atoms with Crippen LogP contribution >= 0.6 is 0 Å². The van der Waals surface area contributed by atoms with Gasteiger partial charge in [0, 0.05) is 45.1 Å². The molecule has 3 nitrogen and oxygen atoms in total. The second kappa shape index (κ2) is 6.94. The van der Waals surface area contributed by atoms with Crippen LogP contribution in [0.4, 0.5) is 11.4 Å². The summed E-state index contributed by atoms with van der Waals surface area (Å²) in [6, 6.07) is 15.6. The van der Waals surface area contributed by atoms with E-state index >= 15 is 0 Å². The van der Waals surface area contributed by atoms with E-state index in [2.05, 4.69) is 0 Å². The van der Waals surface area contributed by atoms with Crippen molar-refractivity contribution >= 4 is 23.2 Å². The van der Waals surface area contributed by atoms with E-state index in [-0.39, 0.29) is 5.78 Å². The van der Waals surface area contributed by atoms with Gasteiger partial charge in [0.1, 0.15) is 0 Å². The summed E-state index contributed by atoms with van der Waals surface area (Å²) in [7, 11) is 7.95. The monoisotopic (exact) mass is 294 g/mol. The minimum Gasteiger partial charge on any atom is -0.378 e. The fraction of sp³-hybridized carbons (Fsp3) is 0.211. The highest BCUT2D eigenvalue weighted by Gasteiger charge is 2.04.